The highest BCUT2D eigenvalue weighted by Crippen LogP contribution is 2.14. The molecule has 0 saturated carbocycles. The summed E-state index contributed by atoms with van der Waals surface area (Å²) in [6.07, 6.45) is 5.01. The van der Waals surface area contributed by atoms with Crippen LogP contribution in [0.25, 0.3) is 0 Å². The fraction of sp³-hybridized carbons (Fsp3) is 0.500. The lowest BCUT2D eigenvalue weighted by Gasteiger charge is -2.12. The molecule has 0 heterocycles. The normalized spacial score (nSPS) is 12.1. The van der Waals surface area contributed by atoms with Crippen molar-refractivity contribution in [2.24, 2.45) is 5.92 Å². The summed E-state index contributed by atoms with van der Waals surface area (Å²) >= 11 is 0. The van der Waals surface area contributed by atoms with Crippen molar-refractivity contribution in [2.75, 3.05) is 11.9 Å². The minimum atomic E-state index is 0.797. The van der Waals surface area contributed by atoms with Crippen molar-refractivity contribution in [1.29, 1.82) is 0 Å². The highest BCUT2D eigenvalue weighted by Gasteiger charge is 2.01. The number of nitrogens with one attached hydrogen (secondary N) is 1. The molecule has 17 heavy (non-hydrogen) atoms. The molecule has 1 aromatic rings. The van der Waals surface area contributed by atoms with Gasteiger partial charge in [0, 0.05) is 12.2 Å². The molecule has 0 amide bonds. The lowest BCUT2D eigenvalue weighted by atomic mass is 9.99. The second-order valence-electron chi connectivity index (χ2n) is 5.04. The minimum Gasteiger partial charge on any atom is -0.385 e. The molecule has 0 aliphatic heterocycles. The number of anilines is 1. The first kappa shape index (κ1) is 13.8. The number of hydrogen-bond donors (Lipinski definition) is 1. The van der Waals surface area contributed by atoms with Crippen LogP contribution >= 0.6 is 0 Å². The van der Waals surface area contributed by atoms with E-state index < -0.39 is 0 Å². The van der Waals surface area contributed by atoms with Crippen molar-refractivity contribution in [3.63, 3.8) is 0 Å². The number of para-hydroxylation sites is 1. The van der Waals surface area contributed by atoms with Crippen LogP contribution in [0.1, 0.15) is 39.5 Å². The summed E-state index contributed by atoms with van der Waals surface area (Å²) in [5, 5.41) is 3.46. The molecule has 0 saturated heterocycles. The first-order valence-corrected chi connectivity index (χ1v) is 6.62. The van der Waals surface area contributed by atoms with Crippen LogP contribution in [-0.4, -0.2) is 6.54 Å². The van der Waals surface area contributed by atoms with Crippen LogP contribution in [0.15, 0.2) is 42.5 Å². The molecule has 94 valence electrons. The molecule has 1 N–H and O–H groups in total. The van der Waals surface area contributed by atoms with Gasteiger partial charge in [0.15, 0.2) is 0 Å². The van der Waals surface area contributed by atoms with Crippen LogP contribution in [0.4, 0.5) is 5.69 Å². The smallest absolute Gasteiger partial charge is 0.0340 e. The van der Waals surface area contributed by atoms with Crippen molar-refractivity contribution in [3.8, 4) is 0 Å². The summed E-state index contributed by atoms with van der Waals surface area (Å²) in [4.78, 5) is 0. The Labute approximate surface area is 106 Å². The zero-order valence-corrected chi connectivity index (χ0v) is 11.2. The summed E-state index contributed by atoms with van der Waals surface area (Å²) in [5.41, 5.74) is 2.53. The number of benzene rings is 1. The lowest BCUT2D eigenvalue weighted by molar-refractivity contribution is 0.486. The Hall–Kier alpha value is -1.24. The molecule has 0 radical (unpaired) electrons. The highest BCUT2D eigenvalue weighted by molar-refractivity contribution is 5.42. The summed E-state index contributed by atoms with van der Waals surface area (Å²) in [6.45, 7) is 9.46. The van der Waals surface area contributed by atoms with Crippen molar-refractivity contribution >= 4 is 5.69 Å². The molecular weight excluding hydrogens is 206 g/mol. The first-order valence-electron chi connectivity index (χ1n) is 6.62. The molecule has 1 atom stereocenters. The van der Waals surface area contributed by atoms with Crippen LogP contribution < -0.4 is 5.32 Å². The third-order valence-electron chi connectivity index (χ3n) is 3.04. The third-order valence-corrected chi connectivity index (χ3v) is 3.04. The topological polar surface area (TPSA) is 12.0 Å². The number of allylic oxidation sites excluding steroid dienone is 1. The molecule has 0 aliphatic rings. The van der Waals surface area contributed by atoms with Gasteiger partial charge in [-0.2, -0.15) is 0 Å². The zero-order chi connectivity index (χ0) is 12.5. The van der Waals surface area contributed by atoms with Gasteiger partial charge in [-0.3, -0.25) is 0 Å². The summed E-state index contributed by atoms with van der Waals surface area (Å²) in [5.74, 6) is 0.797. The van der Waals surface area contributed by atoms with E-state index in [9.17, 15) is 0 Å². The van der Waals surface area contributed by atoms with Crippen LogP contribution in [0, 0.1) is 5.92 Å². The molecule has 1 rings (SSSR count). The van der Waals surface area contributed by atoms with E-state index in [1.54, 1.807) is 0 Å². The van der Waals surface area contributed by atoms with E-state index in [0.29, 0.717) is 0 Å². The van der Waals surface area contributed by atoms with Gasteiger partial charge in [-0.1, -0.05) is 37.1 Å². The summed E-state index contributed by atoms with van der Waals surface area (Å²) in [7, 11) is 0. The first-order chi connectivity index (χ1) is 8.18. The Morgan fingerprint density at radius 3 is 2.59 bits per heavy atom. The molecule has 1 nitrogen and oxygen atoms in total. The molecule has 1 unspecified atom stereocenters. The number of hydrogen-bond acceptors (Lipinski definition) is 1. The van der Waals surface area contributed by atoms with E-state index in [1.165, 1.54) is 36.9 Å². The van der Waals surface area contributed by atoms with Crippen molar-refractivity contribution < 1.29 is 0 Å². The Bertz CT molecular complexity index is 316. The van der Waals surface area contributed by atoms with Crippen molar-refractivity contribution in [3.05, 3.63) is 42.5 Å². The average molecular weight is 231 g/mol. The van der Waals surface area contributed by atoms with Gasteiger partial charge in [-0.15, -0.1) is 6.58 Å². The molecule has 0 fully saturated rings. The van der Waals surface area contributed by atoms with Crippen molar-refractivity contribution in [1.82, 2.24) is 0 Å². The Balaban J connectivity index is 2.08. The maximum Gasteiger partial charge on any atom is 0.0340 e. The molecule has 0 bridgehead atoms. The van der Waals surface area contributed by atoms with Gasteiger partial charge in [0.05, 0.1) is 0 Å². The Kier molecular flexibility index (Phi) is 6.46. The molecular formula is C16H25N. The molecule has 1 heteroatoms. The maximum atomic E-state index is 3.94. The Morgan fingerprint density at radius 2 is 1.94 bits per heavy atom. The fourth-order valence-corrected chi connectivity index (χ4v) is 1.92. The quantitative estimate of drug-likeness (QED) is 0.629. The standard InChI is InChI=1S/C16H25N/c1-14(2)8-7-9-15(3)12-13-17-16-10-5-4-6-11-16/h4-6,10-11,15,17H,1,7-9,12-13H2,2-3H3. The van der Waals surface area contributed by atoms with E-state index in [1.807, 2.05) is 6.07 Å². The van der Waals surface area contributed by atoms with E-state index >= 15 is 0 Å². The van der Waals surface area contributed by atoms with E-state index in [4.69, 9.17) is 0 Å². The SMILES string of the molecule is C=C(C)CCCC(C)CCNc1ccccc1. The minimum absolute atomic E-state index is 0.797. The third kappa shape index (κ3) is 6.83. The van der Waals surface area contributed by atoms with E-state index in [-0.39, 0.29) is 0 Å². The molecule has 1 aromatic carbocycles. The second-order valence-corrected chi connectivity index (χ2v) is 5.04. The van der Waals surface area contributed by atoms with Gasteiger partial charge in [0.1, 0.15) is 0 Å². The van der Waals surface area contributed by atoms with Gasteiger partial charge < -0.3 is 5.32 Å². The Morgan fingerprint density at radius 1 is 1.24 bits per heavy atom. The van der Waals surface area contributed by atoms with Gasteiger partial charge >= 0.3 is 0 Å². The monoisotopic (exact) mass is 231 g/mol. The molecule has 0 aromatic heterocycles. The fourth-order valence-electron chi connectivity index (χ4n) is 1.92. The highest BCUT2D eigenvalue weighted by atomic mass is 14.9. The van der Waals surface area contributed by atoms with Crippen LogP contribution in [-0.2, 0) is 0 Å². The van der Waals surface area contributed by atoms with Gasteiger partial charge in [-0.05, 0) is 44.2 Å². The van der Waals surface area contributed by atoms with Crippen LogP contribution in [0.3, 0.4) is 0 Å². The lowest BCUT2D eigenvalue weighted by Crippen LogP contribution is -2.06. The van der Waals surface area contributed by atoms with Crippen LogP contribution in [0.2, 0.25) is 0 Å². The van der Waals surface area contributed by atoms with Gasteiger partial charge in [0.2, 0.25) is 0 Å². The van der Waals surface area contributed by atoms with E-state index in [2.05, 4.69) is 50.0 Å². The summed E-state index contributed by atoms with van der Waals surface area (Å²) in [6, 6.07) is 10.4. The maximum absolute atomic E-state index is 3.94. The molecule has 0 spiro atoms. The largest absolute Gasteiger partial charge is 0.385 e. The van der Waals surface area contributed by atoms with Gasteiger partial charge in [0.25, 0.3) is 0 Å². The van der Waals surface area contributed by atoms with Gasteiger partial charge in [-0.25, -0.2) is 0 Å². The van der Waals surface area contributed by atoms with Crippen LogP contribution in [0.5, 0.6) is 0 Å². The predicted molar refractivity (Wildman–Crippen MR) is 77.4 cm³/mol. The second kappa shape index (κ2) is 7.94. The zero-order valence-electron chi connectivity index (χ0n) is 11.2. The van der Waals surface area contributed by atoms with E-state index in [0.717, 1.165) is 12.5 Å². The van der Waals surface area contributed by atoms with Crippen molar-refractivity contribution in [2.45, 2.75) is 39.5 Å². The average Bonchev–Trinajstić information content (AvgIpc) is 2.30. The predicted octanol–water partition coefficient (Wildman–Crippen LogP) is 4.87. The number of rotatable bonds is 8. The molecule has 0 aliphatic carbocycles. The summed E-state index contributed by atoms with van der Waals surface area (Å²) < 4.78 is 0.